The number of rotatable bonds is 10. The summed E-state index contributed by atoms with van der Waals surface area (Å²) in [4.78, 5) is 4.30. The van der Waals surface area contributed by atoms with Crippen molar-refractivity contribution >= 4 is 29.9 Å². The number of nitrogens with zero attached hydrogens (tertiary/aromatic N) is 1. The minimum atomic E-state index is 0. The van der Waals surface area contributed by atoms with E-state index in [1.54, 1.807) is 28.4 Å². The summed E-state index contributed by atoms with van der Waals surface area (Å²) in [6.45, 7) is 6.15. The van der Waals surface area contributed by atoms with E-state index in [2.05, 4.69) is 35.5 Å². The van der Waals surface area contributed by atoms with Crippen LogP contribution in [0.25, 0.3) is 0 Å². The molecule has 0 aliphatic carbocycles. The Morgan fingerprint density at radius 3 is 2.03 bits per heavy atom. The fourth-order valence-electron chi connectivity index (χ4n) is 2.84. The maximum absolute atomic E-state index is 5.80. The van der Waals surface area contributed by atoms with Crippen molar-refractivity contribution in [3.8, 4) is 23.0 Å². The van der Waals surface area contributed by atoms with E-state index < -0.39 is 0 Å². The average molecular weight is 543 g/mol. The molecule has 0 saturated carbocycles. The van der Waals surface area contributed by atoms with Crippen LogP contribution in [0.5, 0.6) is 23.0 Å². The molecule has 8 heteroatoms. The van der Waals surface area contributed by atoms with Gasteiger partial charge in [0.15, 0.2) is 17.5 Å². The number of guanidine groups is 1. The van der Waals surface area contributed by atoms with E-state index in [0.717, 1.165) is 16.9 Å². The molecule has 0 aromatic heterocycles. The van der Waals surface area contributed by atoms with Gasteiger partial charge in [0, 0.05) is 20.1 Å². The second kappa shape index (κ2) is 13.8. The van der Waals surface area contributed by atoms with Crippen molar-refractivity contribution in [1.82, 2.24) is 10.6 Å². The van der Waals surface area contributed by atoms with Crippen molar-refractivity contribution in [3.05, 3.63) is 47.5 Å². The highest BCUT2D eigenvalue weighted by Crippen LogP contribution is 2.38. The largest absolute Gasteiger partial charge is 0.493 e. The molecule has 172 valence electrons. The molecule has 0 aliphatic rings. The smallest absolute Gasteiger partial charge is 0.203 e. The first kappa shape index (κ1) is 26.7. The van der Waals surface area contributed by atoms with E-state index in [9.17, 15) is 0 Å². The van der Waals surface area contributed by atoms with Crippen molar-refractivity contribution < 1.29 is 18.9 Å². The summed E-state index contributed by atoms with van der Waals surface area (Å²) in [6.07, 6.45) is 0. The van der Waals surface area contributed by atoms with Gasteiger partial charge < -0.3 is 29.6 Å². The Hall–Kier alpha value is -2.36. The highest BCUT2D eigenvalue weighted by Gasteiger charge is 2.13. The first-order valence-electron chi connectivity index (χ1n) is 9.95. The van der Waals surface area contributed by atoms with Crippen molar-refractivity contribution in [2.24, 2.45) is 10.9 Å². The van der Waals surface area contributed by atoms with Crippen LogP contribution in [0.3, 0.4) is 0 Å². The van der Waals surface area contributed by atoms with Crippen LogP contribution in [0.15, 0.2) is 41.4 Å². The summed E-state index contributed by atoms with van der Waals surface area (Å²) in [5.74, 6) is 3.88. The molecule has 7 nitrogen and oxygen atoms in total. The summed E-state index contributed by atoms with van der Waals surface area (Å²) in [5.41, 5.74) is 2.10. The highest BCUT2D eigenvalue weighted by molar-refractivity contribution is 14.0. The van der Waals surface area contributed by atoms with E-state index in [1.165, 1.54) is 0 Å². The molecule has 0 amide bonds. The SMILES string of the molecule is CN=C(NCc1cccc(OCC(C)C)c1)NCc1cc(OC)c(OC)c(OC)c1.I. The maximum atomic E-state index is 5.80. The molecule has 0 spiro atoms. The van der Waals surface area contributed by atoms with Crippen LogP contribution in [0.2, 0.25) is 0 Å². The van der Waals surface area contributed by atoms with Gasteiger partial charge >= 0.3 is 0 Å². The third-order valence-corrected chi connectivity index (χ3v) is 4.35. The van der Waals surface area contributed by atoms with Crippen LogP contribution in [0.4, 0.5) is 0 Å². The first-order valence-corrected chi connectivity index (χ1v) is 9.95. The monoisotopic (exact) mass is 543 g/mol. The van der Waals surface area contributed by atoms with E-state index in [4.69, 9.17) is 18.9 Å². The van der Waals surface area contributed by atoms with E-state index >= 15 is 0 Å². The Balaban J connectivity index is 0.00000480. The summed E-state index contributed by atoms with van der Waals surface area (Å²) >= 11 is 0. The quantitative estimate of drug-likeness (QED) is 0.266. The van der Waals surface area contributed by atoms with Crippen molar-refractivity contribution in [2.45, 2.75) is 26.9 Å². The lowest BCUT2D eigenvalue weighted by Crippen LogP contribution is -2.36. The lowest BCUT2D eigenvalue weighted by Gasteiger charge is -2.16. The normalized spacial score (nSPS) is 10.9. The summed E-state index contributed by atoms with van der Waals surface area (Å²) in [7, 11) is 6.54. The molecular weight excluding hydrogens is 509 g/mol. The highest BCUT2D eigenvalue weighted by atomic mass is 127. The van der Waals surface area contributed by atoms with Crippen LogP contribution < -0.4 is 29.6 Å². The third kappa shape index (κ3) is 8.35. The minimum absolute atomic E-state index is 0. The summed E-state index contributed by atoms with van der Waals surface area (Å²) < 4.78 is 22.0. The average Bonchev–Trinajstić information content (AvgIpc) is 2.77. The van der Waals surface area contributed by atoms with Gasteiger partial charge in [0.2, 0.25) is 5.75 Å². The van der Waals surface area contributed by atoms with Gasteiger partial charge in [-0.15, -0.1) is 24.0 Å². The predicted molar refractivity (Wildman–Crippen MR) is 135 cm³/mol. The Bertz CT molecular complexity index is 818. The van der Waals surface area contributed by atoms with Crippen LogP contribution in [-0.2, 0) is 13.1 Å². The fourth-order valence-corrected chi connectivity index (χ4v) is 2.84. The molecule has 0 heterocycles. The number of hydrogen-bond acceptors (Lipinski definition) is 5. The molecule has 0 fully saturated rings. The molecule has 0 bridgehead atoms. The number of halogens is 1. The van der Waals surface area contributed by atoms with Crippen LogP contribution in [-0.4, -0.2) is 40.9 Å². The molecule has 2 N–H and O–H groups in total. The number of methoxy groups -OCH3 is 3. The Labute approximate surface area is 202 Å². The Morgan fingerprint density at radius 2 is 1.52 bits per heavy atom. The van der Waals surface area contributed by atoms with Crippen molar-refractivity contribution in [2.75, 3.05) is 35.0 Å². The van der Waals surface area contributed by atoms with Gasteiger partial charge in [0.25, 0.3) is 0 Å². The lowest BCUT2D eigenvalue weighted by atomic mass is 10.2. The molecule has 2 rings (SSSR count). The van der Waals surface area contributed by atoms with Crippen LogP contribution >= 0.6 is 24.0 Å². The zero-order chi connectivity index (χ0) is 21.9. The van der Waals surface area contributed by atoms with Gasteiger partial charge in [-0.3, -0.25) is 4.99 Å². The Kier molecular flexibility index (Phi) is 11.9. The topological polar surface area (TPSA) is 73.3 Å². The number of ether oxygens (including phenoxy) is 4. The zero-order valence-electron chi connectivity index (χ0n) is 19.2. The van der Waals surface area contributed by atoms with Gasteiger partial charge in [-0.05, 0) is 41.3 Å². The minimum Gasteiger partial charge on any atom is -0.493 e. The van der Waals surface area contributed by atoms with Gasteiger partial charge in [-0.25, -0.2) is 0 Å². The second-order valence-electron chi connectivity index (χ2n) is 7.17. The Morgan fingerprint density at radius 1 is 0.903 bits per heavy atom. The molecule has 0 radical (unpaired) electrons. The number of benzene rings is 2. The van der Waals surface area contributed by atoms with Crippen LogP contribution in [0, 0.1) is 5.92 Å². The molecule has 31 heavy (non-hydrogen) atoms. The van der Waals surface area contributed by atoms with Crippen molar-refractivity contribution in [1.29, 1.82) is 0 Å². The predicted octanol–water partition coefficient (Wildman–Crippen LogP) is 4.23. The number of hydrogen-bond donors (Lipinski definition) is 2. The van der Waals surface area contributed by atoms with E-state index in [-0.39, 0.29) is 24.0 Å². The fraction of sp³-hybridized carbons (Fsp3) is 0.435. The molecule has 2 aromatic rings. The molecule has 0 atom stereocenters. The van der Waals surface area contributed by atoms with Gasteiger partial charge in [-0.2, -0.15) is 0 Å². The molecule has 0 aliphatic heterocycles. The van der Waals surface area contributed by atoms with Crippen molar-refractivity contribution in [3.63, 3.8) is 0 Å². The molecule has 0 unspecified atom stereocenters. The van der Waals surface area contributed by atoms with E-state index in [0.29, 0.717) is 48.8 Å². The summed E-state index contributed by atoms with van der Waals surface area (Å²) in [6, 6.07) is 11.9. The maximum Gasteiger partial charge on any atom is 0.203 e. The lowest BCUT2D eigenvalue weighted by molar-refractivity contribution is 0.271. The van der Waals surface area contributed by atoms with Crippen LogP contribution in [0.1, 0.15) is 25.0 Å². The second-order valence-corrected chi connectivity index (χ2v) is 7.17. The molecule has 2 aromatic carbocycles. The van der Waals surface area contributed by atoms with E-state index in [1.807, 2.05) is 30.3 Å². The van der Waals surface area contributed by atoms with Gasteiger partial charge in [-0.1, -0.05) is 26.0 Å². The number of aliphatic imine (C=N–C) groups is 1. The summed E-state index contributed by atoms with van der Waals surface area (Å²) in [5, 5.41) is 6.63. The number of nitrogens with one attached hydrogen (secondary N) is 2. The van der Waals surface area contributed by atoms with Gasteiger partial charge in [0.05, 0.1) is 27.9 Å². The zero-order valence-corrected chi connectivity index (χ0v) is 21.5. The van der Waals surface area contributed by atoms with Gasteiger partial charge in [0.1, 0.15) is 5.75 Å². The molecular formula is C23H34IN3O4. The third-order valence-electron chi connectivity index (χ3n) is 4.35. The first-order chi connectivity index (χ1) is 14.5. The molecule has 0 saturated heterocycles. The standard InChI is InChI=1S/C23H33N3O4.HI/c1-16(2)15-30-19-9-7-8-17(10-19)13-25-23(24-3)26-14-18-11-20(27-4)22(29-6)21(12-18)28-5;/h7-12,16H,13-15H2,1-6H3,(H2,24,25,26);1H.